The van der Waals surface area contributed by atoms with Crippen molar-refractivity contribution in [3.8, 4) is 0 Å². The number of hydrogen-bond acceptors (Lipinski definition) is 8. The number of imidazole rings is 1. The number of nitrogen functional groups attached to an aromatic ring is 1. The van der Waals surface area contributed by atoms with Gasteiger partial charge in [-0.05, 0) is 49.3 Å². The molecule has 4 atom stereocenters. The number of hydrogen-bond donors (Lipinski definition) is 2. The number of rotatable bonds is 13. The monoisotopic (exact) mass is 678 g/mol. The number of carbonyl (C=O) groups excluding carboxylic acids is 3. The number of ketones is 1. The van der Waals surface area contributed by atoms with E-state index in [0.29, 0.717) is 37.5 Å². The predicted molar refractivity (Wildman–Crippen MR) is 197 cm³/mol. The maximum absolute atomic E-state index is 14.2. The molecule has 0 saturated carbocycles. The molecule has 3 aromatic rings. The van der Waals surface area contributed by atoms with E-state index in [2.05, 4.69) is 59.9 Å². The van der Waals surface area contributed by atoms with Crippen LogP contribution in [0.2, 0.25) is 0 Å². The van der Waals surface area contributed by atoms with Crippen LogP contribution >= 0.6 is 11.8 Å². The molecule has 49 heavy (non-hydrogen) atoms. The van der Waals surface area contributed by atoms with Gasteiger partial charge in [0, 0.05) is 37.1 Å². The minimum atomic E-state index is -0.631. The van der Waals surface area contributed by atoms with Crippen LogP contribution in [0.3, 0.4) is 0 Å². The maximum Gasteiger partial charge on any atom is 0.242 e. The molecule has 4 aliphatic rings. The van der Waals surface area contributed by atoms with E-state index in [-0.39, 0.29) is 24.0 Å². The van der Waals surface area contributed by atoms with Gasteiger partial charge in [-0.15, -0.1) is 11.8 Å². The molecule has 2 aliphatic heterocycles. The van der Waals surface area contributed by atoms with Crippen molar-refractivity contribution in [2.75, 3.05) is 18.0 Å². The van der Waals surface area contributed by atoms with Gasteiger partial charge in [0.1, 0.15) is 11.3 Å². The third-order valence-corrected chi connectivity index (χ3v) is 12.4. The fourth-order valence-corrected chi connectivity index (χ4v) is 9.93. The lowest BCUT2D eigenvalue weighted by molar-refractivity contribution is -0.138. The van der Waals surface area contributed by atoms with Crippen molar-refractivity contribution < 1.29 is 14.4 Å². The Morgan fingerprint density at radius 2 is 1.80 bits per heavy atom. The Labute approximate surface area is 292 Å². The highest BCUT2D eigenvalue weighted by Gasteiger charge is 2.67. The lowest BCUT2D eigenvalue weighted by Gasteiger charge is -2.40. The van der Waals surface area contributed by atoms with Gasteiger partial charge in [0.05, 0.1) is 33.3 Å². The molecular formula is C39H46N6O3S. The van der Waals surface area contributed by atoms with E-state index in [0.717, 1.165) is 71.0 Å². The summed E-state index contributed by atoms with van der Waals surface area (Å²) in [6.07, 6.45) is 18.5. The zero-order chi connectivity index (χ0) is 34.3. The number of carbonyl (C=O) groups is 3. The third kappa shape index (κ3) is 5.30. The zero-order valence-electron chi connectivity index (χ0n) is 28.7. The first-order valence-electron chi connectivity index (χ1n) is 17.9. The van der Waals surface area contributed by atoms with Crippen LogP contribution in [0.1, 0.15) is 71.5 Å². The first-order chi connectivity index (χ1) is 23.8. The van der Waals surface area contributed by atoms with Crippen LogP contribution in [0.4, 0.5) is 5.82 Å². The van der Waals surface area contributed by atoms with Crippen molar-refractivity contribution in [1.82, 2.24) is 24.8 Å². The molecular weight excluding hydrogens is 633 g/mol. The molecule has 2 bridgehead atoms. The van der Waals surface area contributed by atoms with Crippen LogP contribution in [0, 0.1) is 5.41 Å². The van der Waals surface area contributed by atoms with Gasteiger partial charge < -0.3 is 10.3 Å². The lowest BCUT2D eigenvalue weighted by atomic mass is 9.64. The standard InChI is InChI=1S/C39H46N6O3S/c1-4-7-19-31-42-33-34(27-17-11-12-18-28(27)41-36(33)40)44(31)20-13-14-21-45-32(46)23-30(37(45)48)49-24-29-35(47)38(5-2)25-15-9-8-10-16-26(22-25)39(38,6-3)43-29/h8-12,15-18,22,29-30,43H,4-7,13-14,19-21,23-24H2,1-3H3,(H2,40,41)/b9-8-,10-8?,15-9?,16-10-,25-15+,26-16?. The number of aromatic nitrogens is 3. The van der Waals surface area contributed by atoms with Crippen LogP contribution in [0.15, 0.2) is 71.9 Å². The van der Waals surface area contributed by atoms with Crippen LogP contribution in [0.5, 0.6) is 0 Å². The molecule has 2 aliphatic carbocycles. The van der Waals surface area contributed by atoms with Crippen molar-refractivity contribution in [1.29, 1.82) is 0 Å². The van der Waals surface area contributed by atoms with Gasteiger partial charge in [-0.1, -0.05) is 81.8 Å². The van der Waals surface area contributed by atoms with E-state index >= 15 is 0 Å². The molecule has 2 aromatic heterocycles. The smallest absolute Gasteiger partial charge is 0.242 e. The number of nitrogens with zero attached hydrogens (tertiary/aromatic N) is 4. The number of allylic oxidation sites excluding steroid dienone is 5. The fraction of sp³-hybridized carbons (Fsp3) is 0.462. The topological polar surface area (TPSA) is 123 Å². The normalized spacial score (nSPS) is 28.6. The summed E-state index contributed by atoms with van der Waals surface area (Å²) >= 11 is 1.45. The Kier molecular flexibility index (Phi) is 9.13. The summed E-state index contributed by atoms with van der Waals surface area (Å²) in [5.74, 6) is 1.81. The number of amides is 2. The number of aryl methyl sites for hydroxylation is 2. The van der Waals surface area contributed by atoms with E-state index in [4.69, 9.17) is 10.7 Å². The quantitative estimate of drug-likeness (QED) is 0.161. The molecule has 2 amide bonds. The van der Waals surface area contributed by atoms with Crippen LogP contribution in [-0.4, -0.2) is 66.2 Å². The first kappa shape index (κ1) is 33.5. The summed E-state index contributed by atoms with van der Waals surface area (Å²) in [6, 6.07) is 7.61. The van der Waals surface area contributed by atoms with E-state index in [1.54, 1.807) is 0 Å². The molecule has 2 fully saturated rings. The summed E-state index contributed by atoms with van der Waals surface area (Å²) in [4.78, 5) is 51.8. The second-order valence-electron chi connectivity index (χ2n) is 13.7. The second-order valence-corrected chi connectivity index (χ2v) is 14.9. The molecule has 0 spiro atoms. The summed E-state index contributed by atoms with van der Waals surface area (Å²) < 4.78 is 2.26. The van der Waals surface area contributed by atoms with Gasteiger partial charge >= 0.3 is 0 Å². The SMILES string of the molecule is CCCCc1nc2c(N)nc3ccccc3c2n1CCCCN1C(=O)CC(SCC2NC3(CC)C4=CC(=C/C=C\C=C/4)\C3(CC)C2=O)C1=O. The molecule has 4 unspecified atom stereocenters. The molecule has 9 nitrogen and oxygen atoms in total. The summed E-state index contributed by atoms with van der Waals surface area (Å²) in [6.45, 7) is 7.51. The number of nitrogens with one attached hydrogen (secondary N) is 1. The number of imide groups is 1. The van der Waals surface area contributed by atoms with E-state index < -0.39 is 22.2 Å². The number of pyridine rings is 1. The Bertz CT molecular complexity index is 1960. The number of Topliss-reactive ketones (excluding diaryl/α,β-unsaturated/α-hetero) is 1. The average molecular weight is 679 g/mol. The summed E-state index contributed by atoms with van der Waals surface area (Å²) in [5, 5.41) is 4.31. The number of anilines is 1. The van der Waals surface area contributed by atoms with E-state index in [1.165, 1.54) is 16.7 Å². The van der Waals surface area contributed by atoms with Gasteiger partial charge in [0.25, 0.3) is 0 Å². The minimum absolute atomic E-state index is 0.129. The second kappa shape index (κ2) is 13.4. The van der Waals surface area contributed by atoms with E-state index in [1.807, 2.05) is 36.4 Å². The Hall–Kier alpha value is -4.02. The largest absolute Gasteiger partial charge is 0.382 e. The molecule has 7 rings (SSSR count). The first-order valence-corrected chi connectivity index (χ1v) is 18.9. The number of likely N-dealkylation sites (tertiary alicyclic amines) is 1. The van der Waals surface area contributed by atoms with Crippen LogP contribution in [0.25, 0.3) is 21.9 Å². The Balaban J connectivity index is 1.00. The average Bonchev–Trinajstić information content (AvgIpc) is 3.76. The Morgan fingerprint density at radius 1 is 0.980 bits per heavy atom. The Morgan fingerprint density at radius 3 is 2.59 bits per heavy atom. The van der Waals surface area contributed by atoms with Gasteiger partial charge in [0.2, 0.25) is 11.8 Å². The number of benzene rings is 1. The highest BCUT2D eigenvalue weighted by atomic mass is 32.2. The summed E-state index contributed by atoms with van der Waals surface area (Å²) in [7, 11) is 0. The lowest BCUT2D eigenvalue weighted by Crippen LogP contribution is -2.52. The van der Waals surface area contributed by atoms with Crippen molar-refractivity contribution in [3.63, 3.8) is 0 Å². The van der Waals surface area contributed by atoms with Crippen LogP contribution < -0.4 is 11.1 Å². The van der Waals surface area contributed by atoms with Gasteiger partial charge in [-0.3, -0.25) is 24.6 Å². The van der Waals surface area contributed by atoms with Crippen molar-refractivity contribution in [2.45, 2.75) is 95.5 Å². The third-order valence-electron chi connectivity index (χ3n) is 11.1. The summed E-state index contributed by atoms with van der Waals surface area (Å²) in [5.41, 5.74) is 10.1. The number of para-hydroxylation sites is 1. The number of nitrogens with two attached hydrogens (primary N) is 1. The van der Waals surface area contributed by atoms with Gasteiger partial charge in [0.15, 0.2) is 11.6 Å². The van der Waals surface area contributed by atoms with Gasteiger partial charge in [-0.2, -0.15) is 0 Å². The predicted octanol–water partition coefficient (Wildman–Crippen LogP) is 6.23. The molecule has 3 N–H and O–H groups in total. The van der Waals surface area contributed by atoms with E-state index in [9.17, 15) is 14.4 Å². The molecule has 256 valence electrons. The maximum atomic E-state index is 14.2. The minimum Gasteiger partial charge on any atom is -0.382 e. The van der Waals surface area contributed by atoms with Crippen molar-refractivity contribution >= 4 is 57.1 Å². The highest BCUT2D eigenvalue weighted by molar-refractivity contribution is 8.00. The van der Waals surface area contributed by atoms with Gasteiger partial charge in [-0.25, -0.2) is 9.97 Å². The highest BCUT2D eigenvalue weighted by Crippen LogP contribution is 2.59. The number of fused-ring (bicyclic) bond motifs is 7. The molecule has 0 radical (unpaired) electrons. The molecule has 2 saturated heterocycles. The molecule has 4 heterocycles. The van der Waals surface area contributed by atoms with Crippen LogP contribution in [-0.2, 0) is 27.3 Å². The number of unbranched alkanes of at least 4 members (excludes halogenated alkanes) is 2. The van der Waals surface area contributed by atoms with Crippen molar-refractivity contribution in [2.24, 2.45) is 5.41 Å². The zero-order valence-corrected chi connectivity index (χ0v) is 29.5. The van der Waals surface area contributed by atoms with Crippen molar-refractivity contribution in [3.05, 3.63) is 77.7 Å². The molecule has 10 heteroatoms. The number of thioether (sulfide) groups is 1. The molecule has 1 aromatic carbocycles. The fourth-order valence-electron chi connectivity index (χ4n) is 8.74.